The van der Waals surface area contributed by atoms with Gasteiger partial charge in [-0.25, -0.2) is 19.4 Å². The van der Waals surface area contributed by atoms with Crippen LogP contribution in [0.2, 0.25) is 0 Å². The third kappa shape index (κ3) is 9.03. The molecule has 0 aliphatic carbocycles. The summed E-state index contributed by atoms with van der Waals surface area (Å²) in [5.41, 5.74) is 3.55. The third-order valence-corrected chi connectivity index (χ3v) is 6.44. The van der Waals surface area contributed by atoms with Crippen LogP contribution in [0.15, 0.2) is 79.9 Å². The second-order valence-corrected chi connectivity index (χ2v) is 10.6. The first-order chi connectivity index (χ1) is 21.7. The Kier molecular flexibility index (Phi) is 11.1. The molecule has 236 valence electrons. The average Bonchev–Trinajstić information content (AvgIpc) is 3.56. The van der Waals surface area contributed by atoms with Crippen LogP contribution < -0.4 is 26.0 Å². The van der Waals surface area contributed by atoms with Crippen LogP contribution in [0.25, 0.3) is 5.69 Å². The highest BCUT2D eigenvalue weighted by atomic mass is 16.5. The van der Waals surface area contributed by atoms with E-state index in [0.29, 0.717) is 29.2 Å². The monoisotopic (exact) mass is 613 g/mol. The smallest absolute Gasteiger partial charge is 0.341 e. The highest BCUT2D eigenvalue weighted by Gasteiger charge is 2.19. The lowest BCUT2D eigenvalue weighted by molar-refractivity contribution is -0.111. The number of ether oxygens (including phenoxy) is 2. The number of nitrogens with one attached hydrogen (secondary N) is 4. The van der Waals surface area contributed by atoms with Gasteiger partial charge in [0.05, 0.1) is 53.4 Å². The Morgan fingerprint density at radius 1 is 1.02 bits per heavy atom. The molecular weight excluding hydrogens is 574 g/mol. The number of benzene rings is 2. The second kappa shape index (κ2) is 15.3. The van der Waals surface area contributed by atoms with E-state index in [1.54, 1.807) is 44.0 Å². The van der Waals surface area contributed by atoms with Crippen molar-refractivity contribution in [3.63, 3.8) is 0 Å². The first kappa shape index (κ1) is 32.5. The van der Waals surface area contributed by atoms with Crippen molar-refractivity contribution in [2.45, 2.75) is 32.5 Å². The van der Waals surface area contributed by atoms with E-state index in [-0.39, 0.29) is 29.7 Å². The summed E-state index contributed by atoms with van der Waals surface area (Å²) in [6, 6.07) is 13.3. The van der Waals surface area contributed by atoms with Crippen LogP contribution >= 0.6 is 0 Å². The van der Waals surface area contributed by atoms with Gasteiger partial charge < -0.3 is 35.6 Å². The van der Waals surface area contributed by atoms with Gasteiger partial charge in [-0.1, -0.05) is 18.7 Å². The molecule has 13 nitrogen and oxygen atoms in total. The molecule has 0 aliphatic heterocycles. The summed E-state index contributed by atoms with van der Waals surface area (Å²) in [6.07, 6.45) is 7.74. The lowest BCUT2D eigenvalue weighted by atomic mass is 10.1. The molecule has 4 rings (SSSR count). The number of carbonyl (C=O) groups excluding carboxylic acids is 2. The lowest BCUT2D eigenvalue weighted by Crippen LogP contribution is -2.33. The zero-order valence-electron chi connectivity index (χ0n) is 26.1. The summed E-state index contributed by atoms with van der Waals surface area (Å²) in [5.74, 6) is -0.218. The molecule has 13 heteroatoms. The summed E-state index contributed by atoms with van der Waals surface area (Å²) in [7, 11) is 5.56. The highest BCUT2D eigenvalue weighted by molar-refractivity contribution is 6.02. The topological polar surface area (TPSA) is 148 Å². The fourth-order valence-electron chi connectivity index (χ4n) is 4.30. The standard InChI is InChI=1S/C32H39N9O4/c1-7-30(42)38-24-17-26(39-32-33-19-22(20-34-32)31(43)45-21(2)3)28(44-6)18-25(24)37-29(13-16-40(4)5)36-23-11-8-9-12-27(23)41-15-10-14-35-41/h7-12,14-15,17-21,29,36-37H,1,13,16H2,2-6H3,(H,38,42)(H,33,34,39). The van der Waals surface area contributed by atoms with Crippen LogP contribution in [-0.4, -0.2) is 76.5 Å². The number of anilines is 5. The van der Waals surface area contributed by atoms with Crippen LogP contribution in [0, 0.1) is 0 Å². The average molecular weight is 614 g/mol. The van der Waals surface area contributed by atoms with Crippen molar-refractivity contribution in [2.24, 2.45) is 0 Å². The number of methoxy groups -OCH3 is 1. The van der Waals surface area contributed by atoms with E-state index in [9.17, 15) is 9.59 Å². The molecule has 45 heavy (non-hydrogen) atoms. The Labute approximate surface area is 262 Å². The maximum Gasteiger partial charge on any atom is 0.341 e. The highest BCUT2D eigenvalue weighted by Crippen LogP contribution is 2.37. The van der Waals surface area contributed by atoms with Crippen LogP contribution in [0.4, 0.5) is 28.7 Å². The number of para-hydroxylation sites is 2. The van der Waals surface area contributed by atoms with Crippen LogP contribution in [0.5, 0.6) is 5.75 Å². The molecule has 0 saturated carbocycles. The molecule has 2 heterocycles. The number of rotatable bonds is 15. The van der Waals surface area contributed by atoms with Crippen molar-refractivity contribution in [2.75, 3.05) is 49.0 Å². The van der Waals surface area contributed by atoms with Gasteiger partial charge in [-0.05, 0) is 64.7 Å². The SMILES string of the molecule is C=CC(=O)Nc1cc(Nc2ncc(C(=O)OC(C)C)cn2)c(OC)cc1NC(CCN(C)C)Nc1ccccc1-n1cccn1. The van der Waals surface area contributed by atoms with Crippen molar-refractivity contribution >= 4 is 40.6 Å². The van der Waals surface area contributed by atoms with Gasteiger partial charge in [-0.2, -0.15) is 5.10 Å². The molecule has 0 radical (unpaired) electrons. The van der Waals surface area contributed by atoms with E-state index in [1.165, 1.54) is 18.5 Å². The Bertz CT molecular complexity index is 1590. The molecule has 0 spiro atoms. The van der Waals surface area contributed by atoms with E-state index in [1.807, 2.05) is 50.6 Å². The van der Waals surface area contributed by atoms with Crippen LogP contribution in [0.3, 0.4) is 0 Å². The van der Waals surface area contributed by atoms with Crippen molar-refractivity contribution in [3.05, 3.63) is 85.5 Å². The number of amides is 1. The Hall–Kier alpha value is -5.43. The van der Waals surface area contributed by atoms with E-state index < -0.39 is 5.97 Å². The first-order valence-electron chi connectivity index (χ1n) is 14.4. The summed E-state index contributed by atoms with van der Waals surface area (Å²) in [5, 5.41) is 17.5. The van der Waals surface area contributed by atoms with Crippen LogP contribution in [-0.2, 0) is 9.53 Å². The van der Waals surface area contributed by atoms with Crippen LogP contribution in [0.1, 0.15) is 30.6 Å². The van der Waals surface area contributed by atoms with Gasteiger partial charge in [-0.15, -0.1) is 0 Å². The molecule has 0 aliphatic rings. The quantitative estimate of drug-likeness (QED) is 0.0824. The minimum Gasteiger partial charge on any atom is -0.494 e. The zero-order valence-corrected chi connectivity index (χ0v) is 26.1. The molecule has 4 aromatic rings. The molecule has 1 atom stereocenters. The van der Waals surface area contributed by atoms with E-state index in [2.05, 4.69) is 47.8 Å². The molecule has 2 aromatic carbocycles. The predicted octanol–water partition coefficient (Wildman–Crippen LogP) is 4.91. The number of aromatic nitrogens is 4. The Morgan fingerprint density at radius 2 is 1.76 bits per heavy atom. The number of hydrogen-bond donors (Lipinski definition) is 4. The van der Waals surface area contributed by atoms with Crippen molar-refractivity contribution in [1.29, 1.82) is 0 Å². The molecule has 0 bridgehead atoms. The van der Waals surface area contributed by atoms with Gasteiger partial charge in [0.2, 0.25) is 11.9 Å². The fourth-order valence-corrected chi connectivity index (χ4v) is 4.30. The fraction of sp³-hybridized carbons (Fsp3) is 0.281. The van der Waals surface area contributed by atoms with Gasteiger partial charge in [0.25, 0.3) is 0 Å². The van der Waals surface area contributed by atoms with Crippen molar-refractivity contribution in [1.82, 2.24) is 24.6 Å². The van der Waals surface area contributed by atoms with E-state index >= 15 is 0 Å². The van der Waals surface area contributed by atoms with E-state index in [4.69, 9.17) is 9.47 Å². The summed E-state index contributed by atoms with van der Waals surface area (Å²) in [4.78, 5) is 35.3. The number of nitrogens with zero attached hydrogens (tertiary/aromatic N) is 5. The maximum absolute atomic E-state index is 12.5. The van der Waals surface area contributed by atoms with Gasteiger partial charge >= 0.3 is 5.97 Å². The molecule has 1 amide bonds. The second-order valence-electron chi connectivity index (χ2n) is 10.6. The van der Waals surface area contributed by atoms with Crippen molar-refractivity contribution in [3.8, 4) is 11.4 Å². The molecule has 2 aromatic heterocycles. The largest absolute Gasteiger partial charge is 0.494 e. The molecule has 0 fully saturated rings. The van der Waals surface area contributed by atoms with E-state index in [0.717, 1.165) is 17.9 Å². The normalized spacial score (nSPS) is 11.5. The predicted molar refractivity (Wildman–Crippen MR) is 175 cm³/mol. The summed E-state index contributed by atoms with van der Waals surface area (Å²) < 4.78 is 12.7. The number of esters is 1. The Balaban J connectivity index is 1.65. The third-order valence-electron chi connectivity index (χ3n) is 6.44. The first-order valence-corrected chi connectivity index (χ1v) is 14.4. The summed E-state index contributed by atoms with van der Waals surface area (Å²) >= 11 is 0. The molecule has 4 N–H and O–H groups in total. The van der Waals surface area contributed by atoms with Gasteiger partial charge in [0.15, 0.2) is 0 Å². The minimum atomic E-state index is -0.511. The van der Waals surface area contributed by atoms with Gasteiger partial charge in [0, 0.05) is 37.4 Å². The Morgan fingerprint density at radius 3 is 2.40 bits per heavy atom. The van der Waals surface area contributed by atoms with Gasteiger partial charge in [0.1, 0.15) is 5.75 Å². The molecule has 1 unspecified atom stereocenters. The lowest BCUT2D eigenvalue weighted by Gasteiger charge is -2.27. The minimum absolute atomic E-state index is 0.219. The number of carbonyl (C=O) groups is 2. The summed E-state index contributed by atoms with van der Waals surface area (Å²) in [6.45, 7) is 7.90. The number of hydrogen-bond acceptors (Lipinski definition) is 11. The zero-order chi connectivity index (χ0) is 32.3. The van der Waals surface area contributed by atoms with Gasteiger partial charge in [-0.3, -0.25) is 4.79 Å². The molecular formula is C32H39N9O4. The maximum atomic E-state index is 12.5. The van der Waals surface area contributed by atoms with Crippen molar-refractivity contribution < 1.29 is 19.1 Å². The molecule has 0 saturated heterocycles.